The fourth-order valence-electron chi connectivity index (χ4n) is 2.19. The lowest BCUT2D eigenvalue weighted by Gasteiger charge is -2.04. The van der Waals surface area contributed by atoms with Crippen molar-refractivity contribution in [2.75, 3.05) is 0 Å². The maximum Gasteiger partial charge on any atom is 0.347 e. The second kappa shape index (κ2) is 4.68. The van der Waals surface area contributed by atoms with E-state index in [1.807, 2.05) is 37.3 Å². The van der Waals surface area contributed by atoms with Crippen molar-refractivity contribution in [3.8, 4) is 10.6 Å². The van der Waals surface area contributed by atoms with Crippen LogP contribution in [0.15, 0.2) is 30.3 Å². The molecule has 3 rings (SSSR count). The van der Waals surface area contributed by atoms with E-state index in [4.69, 9.17) is 5.11 Å². The quantitative estimate of drug-likeness (QED) is 0.779. The molecule has 1 N–H and O–H groups in total. The smallest absolute Gasteiger partial charge is 0.347 e. The lowest BCUT2D eigenvalue weighted by Crippen LogP contribution is -1.94. The van der Waals surface area contributed by atoms with Gasteiger partial charge in [0.2, 0.25) is 0 Å². The minimum Gasteiger partial charge on any atom is -0.477 e. The molecule has 20 heavy (non-hydrogen) atoms. The van der Waals surface area contributed by atoms with Gasteiger partial charge in [0.1, 0.15) is 9.88 Å². The van der Waals surface area contributed by atoms with Crippen molar-refractivity contribution in [1.29, 1.82) is 0 Å². The van der Waals surface area contributed by atoms with Gasteiger partial charge in [0.25, 0.3) is 0 Å². The third kappa shape index (κ3) is 2.06. The third-order valence-electron chi connectivity index (χ3n) is 3.07. The van der Waals surface area contributed by atoms with E-state index in [1.165, 1.54) is 11.3 Å². The first kappa shape index (κ1) is 12.7. The van der Waals surface area contributed by atoms with Crippen LogP contribution in [0.25, 0.3) is 21.5 Å². The molecule has 0 radical (unpaired) electrons. The Labute approximate surface area is 119 Å². The van der Waals surface area contributed by atoms with Crippen molar-refractivity contribution in [2.24, 2.45) is 0 Å². The Morgan fingerprint density at radius 3 is 2.65 bits per heavy atom. The zero-order valence-electron chi connectivity index (χ0n) is 11.0. The van der Waals surface area contributed by atoms with Crippen LogP contribution in [0, 0.1) is 13.8 Å². The SMILES string of the molecule is Cc1cc(-c2nc(C)c(C(=O)O)s2)c2ccccc2n1. The third-order valence-corrected chi connectivity index (χ3v) is 4.24. The van der Waals surface area contributed by atoms with Gasteiger partial charge in [-0.1, -0.05) is 18.2 Å². The highest BCUT2D eigenvalue weighted by Crippen LogP contribution is 2.33. The van der Waals surface area contributed by atoms with Gasteiger partial charge >= 0.3 is 5.97 Å². The number of aromatic carboxylic acids is 1. The summed E-state index contributed by atoms with van der Waals surface area (Å²) in [4.78, 5) is 20.3. The van der Waals surface area contributed by atoms with E-state index in [0.29, 0.717) is 10.6 Å². The van der Waals surface area contributed by atoms with Crippen molar-refractivity contribution in [2.45, 2.75) is 13.8 Å². The zero-order chi connectivity index (χ0) is 14.3. The molecule has 0 saturated carbocycles. The highest BCUT2D eigenvalue weighted by molar-refractivity contribution is 7.17. The molecule has 2 aromatic heterocycles. The molecule has 4 nitrogen and oxygen atoms in total. The fourth-order valence-corrected chi connectivity index (χ4v) is 3.13. The molecule has 0 fully saturated rings. The highest BCUT2D eigenvalue weighted by Gasteiger charge is 2.17. The second-order valence-corrected chi connectivity index (χ2v) is 5.57. The van der Waals surface area contributed by atoms with E-state index in [0.717, 1.165) is 27.2 Å². The van der Waals surface area contributed by atoms with Crippen LogP contribution in [0.2, 0.25) is 0 Å². The number of para-hydroxylation sites is 1. The average Bonchev–Trinajstić information content (AvgIpc) is 2.80. The van der Waals surface area contributed by atoms with Crippen LogP contribution in [0.5, 0.6) is 0 Å². The Kier molecular flexibility index (Phi) is 2.99. The molecule has 100 valence electrons. The molecule has 0 unspecified atom stereocenters. The summed E-state index contributed by atoms with van der Waals surface area (Å²) in [6.45, 7) is 3.65. The lowest BCUT2D eigenvalue weighted by molar-refractivity contribution is 0.0701. The number of aromatic nitrogens is 2. The van der Waals surface area contributed by atoms with Crippen LogP contribution in [-0.2, 0) is 0 Å². The van der Waals surface area contributed by atoms with Gasteiger partial charge in [-0.05, 0) is 26.0 Å². The molecule has 0 atom stereocenters. The van der Waals surface area contributed by atoms with Gasteiger partial charge in [0.05, 0.1) is 11.2 Å². The predicted octanol–water partition coefficient (Wildman–Crippen LogP) is 3.67. The maximum absolute atomic E-state index is 11.2. The summed E-state index contributed by atoms with van der Waals surface area (Å²) < 4.78 is 0. The molecule has 0 saturated heterocycles. The van der Waals surface area contributed by atoms with Crippen molar-refractivity contribution in [3.63, 3.8) is 0 Å². The van der Waals surface area contributed by atoms with E-state index < -0.39 is 5.97 Å². The Morgan fingerprint density at radius 1 is 1.20 bits per heavy atom. The Balaban J connectivity index is 2.29. The first-order chi connectivity index (χ1) is 9.56. The van der Waals surface area contributed by atoms with E-state index in [9.17, 15) is 4.79 Å². The van der Waals surface area contributed by atoms with Crippen LogP contribution in [-0.4, -0.2) is 21.0 Å². The molecule has 3 aromatic rings. The number of rotatable bonds is 2. The first-order valence-corrected chi connectivity index (χ1v) is 6.95. The minimum atomic E-state index is -0.929. The summed E-state index contributed by atoms with van der Waals surface area (Å²) in [6, 6.07) is 9.76. The fraction of sp³-hybridized carbons (Fsp3) is 0.133. The molecule has 2 heterocycles. The van der Waals surface area contributed by atoms with Gasteiger partial charge in [-0.3, -0.25) is 4.98 Å². The van der Waals surface area contributed by atoms with Gasteiger partial charge in [0.15, 0.2) is 0 Å². The summed E-state index contributed by atoms with van der Waals surface area (Å²) in [7, 11) is 0. The highest BCUT2D eigenvalue weighted by atomic mass is 32.1. The monoisotopic (exact) mass is 284 g/mol. The lowest BCUT2D eigenvalue weighted by atomic mass is 10.1. The van der Waals surface area contributed by atoms with Crippen LogP contribution in [0.4, 0.5) is 0 Å². The topological polar surface area (TPSA) is 63.1 Å². The summed E-state index contributed by atoms with van der Waals surface area (Å²) >= 11 is 1.21. The normalized spacial score (nSPS) is 10.9. The average molecular weight is 284 g/mol. The Bertz CT molecular complexity index is 824. The largest absolute Gasteiger partial charge is 0.477 e. The molecular formula is C15H12N2O2S. The van der Waals surface area contributed by atoms with Crippen LogP contribution >= 0.6 is 11.3 Å². The minimum absolute atomic E-state index is 0.290. The molecule has 1 aromatic carbocycles. The summed E-state index contributed by atoms with van der Waals surface area (Å²) in [5.74, 6) is -0.929. The molecule has 0 amide bonds. The maximum atomic E-state index is 11.2. The molecule has 0 bridgehead atoms. The summed E-state index contributed by atoms with van der Waals surface area (Å²) in [5.41, 5.74) is 3.28. The zero-order valence-corrected chi connectivity index (χ0v) is 11.9. The van der Waals surface area contributed by atoms with E-state index in [1.54, 1.807) is 6.92 Å². The standard InChI is InChI=1S/C15H12N2O2S/c1-8-7-11(10-5-3-4-6-12(10)16-8)14-17-9(2)13(20-14)15(18)19/h3-7H,1-2H3,(H,18,19). The number of benzene rings is 1. The van der Waals surface area contributed by atoms with Crippen molar-refractivity contribution >= 4 is 28.2 Å². The van der Waals surface area contributed by atoms with Gasteiger partial charge in [-0.25, -0.2) is 9.78 Å². The van der Waals surface area contributed by atoms with Gasteiger partial charge in [0, 0.05) is 16.6 Å². The van der Waals surface area contributed by atoms with Crippen LogP contribution in [0.1, 0.15) is 21.1 Å². The number of thiazole rings is 1. The number of hydrogen-bond acceptors (Lipinski definition) is 4. The first-order valence-electron chi connectivity index (χ1n) is 6.14. The van der Waals surface area contributed by atoms with Gasteiger partial charge in [-0.2, -0.15) is 0 Å². The van der Waals surface area contributed by atoms with Crippen molar-refractivity contribution in [1.82, 2.24) is 9.97 Å². The second-order valence-electron chi connectivity index (χ2n) is 4.57. The Morgan fingerprint density at radius 2 is 1.95 bits per heavy atom. The van der Waals surface area contributed by atoms with Crippen molar-refractivity contribution in [3.05, 3.63) is 46.6 Å². The number of pyridine rings is 1. The number of hydrogen-bond donors (Lipinski definition) is 1. The molecule has 0 aliphatic heterocycles. The number of fused-ring (bicyclic) bond motifs is 1. The number of aryl methyl sites for hydroxylation is 2. The molecule has 0 aliphatic carbocycles. The molecule has 0 aliphatic rings. The number of carboxylic acid groups (broad SMARTS) is 1. The molecular weight excluding hydrogens is 272 g/mol. The number of carboxylic acids is 1. The van der Waals surface area contributed by atoms with E-state index >= 15 is 0 Å². The molecule has 5 heteroatoms. The van der Waals surface area contributed by atoms with Crippen LogP contribution < -0.4 is 0 Å². The summed E-state index contributed by atoms with van der Waals surface area (Å²) in [6.07, 6.45) is 0. The summed E-state index contributed by atoms with van der Waals surface area (Å²) in [5, 5.41) is 10.9. The number of carbonyl (C=O) groups is 1. The van der Waals surface area contributed by atoms with Crippen molar-refractivity contribution < 1.29 is 9.90 Å². The van der Waals surface area contributed by atoms with Gasteiger partial charge < -0.3 is 5.11 Å². The van der Waals surface area contributed by atoms with E-state index in [-0.39, 0.29) is 0 Å². The Hall–Kier alpha value is -2.27. The molecule has 0 spiro atoms. The predicted molar refractivity (Wildman–Crippen MR) is 79.3 cm³/mol. The van der Waals surface area contributed by atoms with Crippen LogP contribution in [0.3, 0.4) is 0 Å². The van der Waals surface area contributed by atoms with E-state index in [2.05, 4.69) is 9.97 Å². The van der Waals surface area contributed by atoms with Gasteiger partial charge in [-0.15, -0.1) is 11.3 Å². The number of nitrogens with zero attached hydrogens (tertiary/aromatic N) is 2.